The predicted octanol–water partition coefficient (Wildman–Crippen LogP) is 3.77. The van der Waals surface area contributed by atoms with Crippen LogP contribution in [0.1, 0.15) is 29.0 Å². The fourth-order valence-electron chi connectivity index (χ4n) is 3.18. The smallest absolute Gasteiger partial charge is 0.320 e. The molecule has 0 amide bonds. The van der Waals surface area contributed by atoms with Crippen molar-refractivity contribution < 1.29 is 9.15 Å². The summed E-state index contributed by atoms with van der Waals surface area (Å²) >= 11 is 0. The lowest BCUT2D eigenvalue weighted by Crippen LogP contribution is -2.18. The van der Waals surface area contributed by atoms with E-state index in [0.29, 0.717) is 18.5 Å². The number of nitrogens with two attached hydrogens (primary N) is 1. The lowest BCUT2D eigenvalue weighted by molar-refractivity contribution is 0.282. The molecule has 7 nitrogen and oxygen atoms in total. The molecule has 0 unspecified atom stereocenters. The first-order valence-electron chi connectivity index (χ1n) is 8.91. The van der Waals surface area contributed by atoms with E-state index in [1.165, 1.54) is 19.3 Å². The van der Waals surface area contributed by atoms with E-state index < -0.39 is 0 Å². The summed E-state index contributed by atoms with van der Waals surface area (Å²) in [7, 11) is 0. The van der Waals surface area contributed by atoms with E-state index in [4.69, 9.17) is 14.9 Å². The topological polar surface area (TPSA) is 98.6 Å². The lowest BCUT2D eigenvalue weighted by atomic mass is 10.1. The molecule has 0 bridgehead atoms. The Morgan fingerprint density at radius 1 is 1.00 bits per heavy atom. The Morgan fingerprint density at radius 3 is 2.48 bits per heavy atom. The fraction of sp³-hybridized carbons (Fsp3) is 0.250. The van der Waals surface area contributed by atoms with Crippen LogP contribution >= 0.6 is 0 Å². The van der Waals surface area contributed by atoms with Crippen LogP contribution in [0.4, 0.5) is 17.4 Å². The van der Waals surface area contributed by atoms with Crippen LogP contribution in [-0.2, 0) is 24.2 Å². The lowest BCUT2D eigenvalue weighted by Gasteiger charge is -2.14. The van der Waals surface area contributed by atoms with Gasteiger partial charge in [-0.05, 0) is 48.6 Å². The Bertz CT molecular complexity index is 957. The minimum atomic E-state index is 0.190. The monoisotopic (exact) mass is 363 g/mol. The molecule has 0 saturated heterocycles. The summed E-state index contributed by atoms with van der Waals surface area (Å²) in [5.41, 5.74) is 11.2. The number of rotatable bonds is 2. The third-order valence-electron chi connectivity index (χ3n) is 4.47. The largest absolute Gasteiger partial charge is 0.460 e. The highest BCUT2D eigenvalue weighted by Crippen LogP contribution is 2.28. The van der Waals surface area contributed by atoms with Gasteiger partial charge in [-0.1, -0.05) is 29.4 Å². The Kier molecular flexibility index (Phi) is 4.74. The van der Waals surface area contributed by atoms with Gasteiger partial charge in [-0.25, -0.2) is 0 Å². The van der Waals surface area contributed by atoms with Gasteiger partial charge in [0.2, 0.25) is 5.89 Å². The number of nitrogens with one attached hydrogen (secondary N) is 1. The van der Waals surface area contributed by atoms with Crippen LogP contribution in [0.15, 0.2) is 51.9 Å². The number of amidine groups is 1. The standard InChI is InChI=1S/C11H11N5O2.C9H10/c1-6-15-16-11(18-6)13-8-2-3-9-7(4-8)5-17-10(12)14-9;1-2-5-9-7-3-6-8(9)4-1/h2-4H,5H2,1H3,(H2,12,14)(H,13,16);1-2,4-5H,3,6-7H2. The van der Waals surface area contributed by atoms with Gasteiger partial charge in [0.25, 0.3) is 6.02 Å². The van der Waals surface area contributed by atoms with Crippen LogP contribution in [0, 0.1) is 6.92 Å². The van der Waals surface area contributed by atoms with Crippen LogP contribution < -0.4 is 11.1 Å². The summed E-state index contributed by atoms with van der Waals surface area (Å²) in [6.07, 6.45) is 3.96. The first-order chi connectivity index (χ1) is 13.2. The maximum Gasteiger partial charge on any atom is 0.320 e. The average Bonchev–Trinajstić information content (AvgIpc) is 3.31. The highest BCUT2D eigenvalue weighted by molar-refractivity contribution is 5.78. The van der Waals surface area contributed by atoms with Gasteiger partial charge in [-0.2, -0.15) is 4.99 Å². The highest BCUT2D eigenvalue weighted by atomic mass is 16.5. The average molecular weight is 363 g/mol. The Labute approximate surface area is 157 Å². The van der Waals surface area contributed by atoms with E-state index in [-0.39, 0.29) is 6.02 Å². The summed E-state index contributed by atoms with van der Waals surface area (Å²) < 4.78 is 10.4. The molecule has 3 aromatic rings. The van der Waals surface area contributed by atoms with Gasteiger partial charge in [0.1, 0.15) is 6.61 Å². The number of ether oxygens (including phenoxy) is 1. The molecule has 7 heteroatoms. The maximum atomic E-state index is 5.49. The molecule has 0 spiro atoms. The number of aryl methyl sites for hydroxylation is 3. The summed E-state index contributed by atoms with van der Waals surface area (Å²) in [5, 5.41) is 10.6. The number of aromatic nitrogens is 2. The molecular formula is C20H21N5O2. The van der Waals surface area contributed by atoms with Crippen molar-refractivity contribution in [1.29, 1.82) is 0 Å². The van der Waals surface area contributed by atoms with E-state index >= 15 is 0 Å². The Hall–Kier alpha value is -3.35. The molecule has 0 radical (unpaired) electrons. The molecule has 0 saturated carbocycles. The summed E-state index contributed by atoms with van der Waals surface area (Å²) in [4.78, 5) is 4.09. The Balaban J connectivity index is 0.000000167. The van der Waals surface area contributed by atoms with Crippen molar-refractivity contribution >= 4 is 23.4 Å². The minimum absolute atomic E-state index is 0.190. The number of hydrogen-bond acceptors (Lipinski definition) is 7. The van der Waals surface area contributed by atoms with Gasteiger partial charge >= 0.3 is 6.01 Å². The second-order valence-corrected chi connectivity index (χ2v) is 6.46. The Morgan fingerprint density at radius 2 is 1.78 bits per heavy atom. The zero-order valence-electron chi connectivity index (χ0n) is 15.1. The van der Waals surface area contributed by atoms with E-state index in [2.05, 4.69) is 44.8 Å². The zero-order valence-corrected chi connectivity index (χ0v) is 15.1. The van der Waals surface area contributed by atoms with E-state index in [0.717, 1.165) is 16.9 Å². The number of benzene rings is 2. The quantitative estimate of drug-likeness (QED) is 0.719. The fourth-order valence-corrected chi connectivity index (χ4v) is 3.18. The van der Waals surface area contributed by atoms with E-state index in [9.17, 15) is 0 Å². The predicted molar refractivity (Wildman–Crippen MR) is 103 cm³/mol. The first kappa shape index (κ1) is 17.1. The van der Waals surface area contributed by atoms with Gasteiger partial charge in [-0.15, -0.1) is 5.10 Å². The van der Waals surface area contributed by atoms with Crippen molar-refractivity contribution in [2.24, 2.45) is 10.7 Å². The number of nitrogens with zero attached hydrogens (tertiary/aromatic N) is 3. The van der Waals surface area contributed by atoms with E-state index in [1.807, 2.05) is 18.2 Å². The molecule has 1 aliphatic carbocycles. The molecule has 1 aromatic heterocycles. The summed E-state index contributed by atoms with van der Waals surface area (Å²) in [5.74, 6) is 0.510. The van der Waals surface area contributed by atoms with E-state index in [1.54, 1.807) is 18.1 Å². The number of aliphatic imine (C=N–C) groups is 1. The van der Waals surface area contributed by atoms with Gasteiger partial charge in [0, 0.05) is 18.2 Å². The zero-order chi connectivity index (χ0) is 18.6. The van der Waals surface area contributed by atoms with Gasteiger partial charge in [0.15, 0.2) is 0 Å². The number of anilines is 2. The van der Waals surface area contributed by atoms with Crippen molar-refractivity contribution in [3.8, 4) is 0 Å². The molecule has 3 N–H and O–H groups in total. The normalized spacial score (nSPS) is 14.2. The third kappa shape index (κ3) is 4.08. The van der Waals surface area contributed by atoms with Crippen molar-refractivity contribution in [2.75, 3.05) is 5.32 Å². The first-order valence-corrected chi connectivity index (χ1v) is 8.91. The van der Waals surface area contributed by atoms with Crippen LogP contribution in [-0.4, -0.2) is 16.2 Å². The summed E-state index contributed by atoms with van der Waals surface area (Å²) in [6, 6.07) is 14.9. The van der Waals surface area contributed by atoms with Gasteiger partial charge in [-0.3, -0.25) is 0 Å². The molecule has 5 rings (SSSR count). The molecule has 2 heterocycles. The molecule has 138 valence electrons. The van der Waals surface area contributed by atoms with Crippen molar-refractivity contribution in [3.05, 3.63) is 65.0 Å². The van der Waals surface area contributed by atoms with Crippen LogP contribution in [0.5, 0.6) is 0 Å². The van der Waals surface area contributed by atoms with Crippen LogP contribution in [0.3, 0.4) is 0 Å². The van der Waals surface area contributed by atoms with Crippen molar-refractivity contribution in [2.45, 2.75) is 32.8 Å². The van der Waals surface area contributed by atoms with Crippen molar-refractivity contribution in [3.63, 3.8) is 0 Å². The molecule has 0 fully saturated rings. The molecule has 27 heavy (non-hydrogen) atoms. The second-order valence-electron chi connectivity index (χ2n) is 6.46. The number of fused-ring (bicyclic) bond motifs is 2. The molecule has 2 aromatic carbocycles. The maximum absolute atomic E-state index is 5.49. The number of hydrogen-bond donors (Lipinski definition) is 2. The molecule has 1 aliphatic heterocycles. The van der Waals surface area contributed by atoms with Gasteiger partial charge in [0.05, 0.1) is 5.69 Å². The van der Waals surface area contributed by atoms with Gasteiger partial charge < -0.3 is 20.2 Å². The van der Waals surface area contributed by atoms with Crippen molar-refractivity contribution in [1.82, 2.24) is 10.2 Å². The summed E-state index contributed by atoms with van der Waals surface area (Å²) in [6.45, 7) is 2.14. The SMILES string of the molecule is Cc1nnc(Nc2ccc3c(c2)COC(N)=N3)o1.c1ccc2c(c1)CCC2. The molecule has 2 aliphatic rings. The minimum Gasteiger partial charge on any atom is -0.460 e. The highest BCUT2D eigenvalue weighted by Gasteiger charge is 2.12. The molecular weight excluding hydrogens is 342 g/mol. The van der Waals surface area contributed by atoms with Crippen LogP contribution in [0.2, 0.25) is 0 Å². The second kappa shape index (κ2) is 7.49. The third-order valence-corrected chi connectivity index (χ3v) is 4.47. The molecule has 0 atom stereocenters. The van der Waals surface area contributed by atoms with Crippen LogP contribution in [0.25, 0.3) is 0 Å².